The second-order valence-corrected chi connectivity index (χ2v) is 5.86. The molecule has 23 heavy (non-hydrogen) atoms. The predicted molar refractivity (Wildman–Crippen MR) is 85.9 cm³/mol. The molecule has 2 N–H and O–H groups in total. The molecule has 0 amide bonds. The molecule has 0 aliphatic carbocycles. The SMILES string of the molecule is COc1cc2c(cc1OC)Oc1c(O)ccc3c1C(C2)NCC3. The Morgan fingerprint density at radius 2 is 1.91 bits per heavy atom. The highest BCUT2D eigenvalue weighted by Gasteiger charge is 2.31. The maximum atomic E-state index is 10.3. The number of benzene rings is 2. The average Bonchev–Trinajstić information content (AvgIpc) is 2.74. The zero-order chi connectivity index (χ0) is 16.0. The molecule has 5 nitrogen and oxygen atoms in total. The first-order valence-electron chi connectivity index (χ1n) is 7.72. The first-order valence-corrected chi connectivity index (χ1v) is 7.72. The van der Waals surface area contributed by atoms with E-state index in [9.17, 15) is 5.11 Å². The van der Waals surface area contributed by atoms with E-state index < -0.39 is 0 Å². The Hall–Kier alpha value is -2.40. The normalized spacial score (nSPS) is 18.3. The molecule has 2 aliphatic rings. The number of methoxy groups -OCH3 is 2. The van der Waals surface area contributed by atoms with Crippen molar-refractivity contribution in [2.75, 3.05) is 20.8 Å². The summed E-state index contributed by atoms with van der Waals surface area (Å²) in [4.78, 5) is 0. The standard InChI is InChI=1S/C18H19NO4/c1-21-15-8-11-7-12-17-10(5-6-19-12)3-4-13(20)18(17)23-14(11)9-16(15)22-2/h3-4,8-9,12,19-20H,5-7H2,1-2H3. The molecule has 0 spiro atoms. The summed E-state index contributed by atoms with van der Waals surface area (Å²) in [5.41, 5.74) is 3.32. The molecule has 0 fully saturated rings. The lowest BCUT2D eigenvalue weighted by Crippen LogP contribution is -2.30. The van der Waals surface area contributed by atoms with Gasteiger partial charge in [0.25, 0.3) is 0 Å². The average molecular weight is 313 g/mol. The molecule has 1 unspecified atom stereocenters. The van der Waals surface area contributed by atoms with Gasteiger partial charge in [-0.2, -0.15) is 0 Å². The van der Waals surface area contributed by atoms with Crippen LogP contribution in [0.4, 0.5) is 0 Å². The quantitative estimate of drug-likeness (QED) is 0.892. The summed E-state index contributed by atoms with van der Waals surface area (Å²) in [5.74, 6) is 2.71. The van der Waals surface area contributed by atoms with E-state index in [0.29, 0.717) is 23.0 Å². The molecule has 2 aromatic rings. The fraction of sp³-hybridized carbons (Fsp3) is 0.333. The van der Waals surface area contributed by atoms with Crippen molar-refractivity contribution in [3.8, 4) is 28.7 Å². The van der Waals surface area contributed by atoms with Crippen LogP contribution >= 0.6 is 0 Å². The third kappa shape index (κ3) is 2.19. The molecule has 0 bridgehead atoms. The summed E-state index contributed by atoms with van der Waals surface area (Å²) in [6, 6.07) is 7.60. The highest BCUT2D eigenvalue weighted by Crippen LogP contribution is 2.48. The zero-order valence-corrected chi connectivity index (χ0v) is 13.2. The third-order valence-corrected chi connectivity index (χ3v) is 4.60. The van der Waals surface area contributed by atoms with Gasteiger partial charge in [0, 0.05) is 23.2 Å². The van der Waals surface area contributed by atoms with Gasteiger partial charge in [0.1, 0.15) is 5.75 Å². The van der Waals surface area contributed by atoms with Gasteiger partial charge >= 0.3 is 0 Å². The number of fused-ring (bicyclic) bond motifs is 1. The molecule has 2 heterocycles. The molecule has 120 valence electrons. The second kappa shape index (κ2) is 5.35. The molecular weight excluding hydrogens is 294 g/mol. The van der Waals surface area contributed by atoms with Crippen LogP contribution < -0.4 is 19.5 Å². The van der Waals surface area contributed by atoms with Crippen molar-refractivity contribution in [2.24, 2.45) is 0 Å². The van der Waals surface area contributed by atoms with Gasteiger partial charge in [0.2, 0.25) is 0 Å². The van der Waals surface area contributed by atoms with Crippen LogP contribution in [-0.2, 0) is 12.8 Å². The first-order chi connectivity index (χ1) is 11.2. The van der Waals surface area contributed by atoms with Crippen LogP contribution in [-0.4, -0.2) is 25.9 Å². The van der Waals surface area contributed by atoms with Crippen LogP contribution in [0.1, 0.15) is 22.7 Å². The summed E-state index contributed by atoms with van der Waals surface area (Å²) in [5, 5.41) is 13.8. The van der Waals surface area contributed by atoms with Crippen LogP contribution in [0, 0.1) is 0 Å². The lowest BCUT2D eigenvalue weighted by molar-refractivity contribution is 0.350. The van der Waals surface area contributed by atoms with Crippen LogP contribution in [0.3, 0.4) is 0 Å². The Morgan fingerprint density at radius 3 is 2.70 bits per heavy atom. The van der Waals surface area contributed by atoms with Gasteiger partial charge in [-0.15, -0.1) is 0 Å². The Kier molecular flexibility index (Phi) is 3.31. The fourth-order valence-corrected chi connectivity index (χ4v) is 3.48. The van der Waals surface area contributed by atoms with E-state index in [1.165, 1.54) is 5.56 Å². The lowest BCUT2D eigenvalue weighted by Gasteiger charge is -2.27. The van der Waals surface area contributed by atoms with Gasteiger partial charge in [-0.05, 0) is 37.1 Å². The van der Waals surface area contributed by atoms with Crippen molar-refractivity contribution in [2.45, 2.75) is 18.9 Å². The maximum absolute atomic E-state index is 10.3. The van der Waals surface area contributed by atoms with E-state index in [0.717, 1.165) is 30.5 Å². The van der Waals surface area contributed by atoms with E-state index in [1.807, 2.05) is 18.2 Å². The summed E-state index contributed by atoms with van der Waals surface area (Å²) in [6.07, 6.45) is 1.71. The first kappa shape index (κ1) is 14.2. The molecule has 2 aliphatic heterocycles. The third-order valence-electron chi connectivity index (χ3n) is 4.60. The summed E-state index contributed by atoms with van der Waals surface area (Å²) in [6.45, 7) is 0.921. The number of phenolic OH excluding ortho intramolecular Hbond substituents is 1. The topological polar surface area (TPSA) is 60.0 Å². The van der Waals surface area contributed by atoms with Crippen LogP contribution in [0.2, 0.25) is 0 Å². The number of hydrogen-bond donors (Lipinski definition) is 2. The van der Waals surface area contributed by atoms with Crippen molar-refractivity contribution in [1.29, 1.82) is 0 Å². The molecule has 1 atom stereocenters. The number of phenols is 1. The number of aromatic hydroxyl groups is 1. The van der Waals surface area contributed by atoms with Gasteiger partial charge in [-0.25, -0.2) is 0 Å². The monoisotopic (exact) mass is 313 g/mol. The largest absolute Gasteiger partial charge is 0.504 e. The Labute approximate surface area is 134 Å². The Bertz CT molecular complexity index is 772. The minimum Gasteiger partial charge on any atom is -0.504 e. The predicted octanol–water partition coefficient (Wildman–Crippen LogP) is 2.94. The highest BCUT2D eigenvalue weighted by molar-refractivity contribution is 5.60. The Morgan fingerprint density at radius 1 is 1.13 bits per heavy atom. The number of ether oxygens (including phenoxy) is 3. The fourth-order valence-electron chi connectivity index (χ4n) is 3.48. The second-order valence-electron chi connectivity index (χ2n) is 5.86. The number of nitrogens with one attached hydrogen (secondary N) is 1. The van der Waals surface area contributed by atoms with E-state index >= 15 is 0 Å². The van der Waals surface area contributed by atoms with Crippen LogP contribution in [0.25, 0.3) is 0 Å². The number of rotatable bonds is 2. The number of hydrogen-bond acceptors (Lipinski definition) is 5. The molecule has 0 saturated carbocycles. The highest BCUT2D eigenvalue weighted by atomic mass is 16.5. The van der Waals surface area contributed by atoms with Crippen LogP contribution in [0.5, 0.6) is 28.7 Å². The lowest BCUT2D eigenvalue weighted by atomic mass is 9.90. The molecular formula is C18H19NO4. The van der Waals surface area contributed by atoms with Crippen LogP contribution in [0.15, 0.2) is 24.3 Å². The zero-order valence-electron chi connectivity index (χ0n) is 13.2. The van der Waals surface area contributed by atoms with E-state index in [1.54, 1.807) is 20.3 Å². The Balaban J connectivity index is 1.90. The molecule has 0 aromatic heterocycles. The van der Waals surface area contributed by atoms with Gasteiger partial charge in [0.05, 0.1) is 14.2 Å². The smallest absolute Gasteiger partial charge is 0.174 e. The van der Waals surface area contributed by atoms with E-state index in [4.69, 9.17) is 14.2 Å². The summed E-state index contributed by atoms with van der Waals surface area (Å²) < 4.78 is 16.9. The summed E-state index contributed by atoms with van der Waals surface area (Å²) in [7, 11) is 3.22. The van der Waals surface area contributed by atoms with E-state index in [2.05, 4.69) is 5.32 Å². The van der Waals surface area contributed by atoms with Crippen molar-refractivity contribution in [1.82, 2.24) is 5.32 Å². The summed E-state index contributed by atoms with van der Waals surface area (Å²) >= 11 is 0. The van der Waals surface area contributed by atoms with Crippen molar-refractivity contribution < 1.29 is 19.3 Å². The molecule has 4 rings (SSSR count). The molecule has 0 saturated heterocycles. The molecule has 0 radical (unpaired) electrons. The van der Waals surface area contributed by atoms with Gasteiger partial charge < -0.3 is 24.6 Å². The minimum atomic E-state index is 0.125. The minimum absolute atomic E-state index is 0.125. The molecule has 2 aromatic carbocycles. The maximum Gasteiger partial charge on any atom is 0.174 e. The van der Waals surface area contributed by atoms with E-state index in [-0.39, 0.29) is 11.8 Å². The van der Waals surface area contributed by atoms with Gasteiger partial charge in [-0.3, -0.25) is 0 Å². The van der Waals surface area contributed by atoms with Gasteiger partial charge in [0.15, 0.2) is 23.0 Å². The van der Waals surface area contributed by atoms with Crippen molar-refractivity contribution in [3.63, 3.8) is 0 Å². The van der Waals surface area contributed by atoms with Gasteiger partial charge in [-0.1, -0.05) is 6.07 Å². The van der Waals surface area contributed by atoms with Crippen molar-refractivity contribution >= 4 is 0 Å². The molecule has 5 heteroatoms. The van der Waals surface area contributed by atoms with Crippen molar-refractivity contribution in [3.05, 3.63) is 41.0 Å².